The number of carbonyl (C=O) groups is 2. The van der Waals surface area contributed by atoms with E-state index in [0.717, 1.165) is 19.3 Å². The lowest BCUT2D eigenvalue weighted by Gasteiger charge is -2.39. The van der Waals surface area contributed by atoms with Crippen LogP contribution in [-0.4, -0.2) is 23.1 Å². The Morgan fingerprint density at radius 2 is 1.08 bits per heavy atom. The molecule has 4 aliphatic rings. The Bertz CT molecular complexity index is 996. The Labute approximate surface area is 223 Å². The molecule has 4 aliphatic carbocycles. The van der Waals surface area contributed by atoms with Crippen LogP contribution >= 0.6 is 0 Å². The highest BCUT2D eigenvalue weighted by molar-refractivity contribution is 6.03. The van der Waals surface area contributed by atoms with E-state index in [1.54, 1.807) is 0 Å². The van der Waals surface area contributed by atoms with Gasteiger partial charge in [0.05, 0.1) is 11.1 Å². The molecule has 0 saturated heterocycles. The van der Waals surface area contributed by atoms with Gasteiger partial charge in [0, 0.05) is 12.8 Å². The molecule has 4 heteroatoms. The highest BCUT2D eigenvalue weighted by atomic mass is 16.6. The fraction of sp³-hybridized carbons (Fsp3) is 0.636. The minimum Gasteiger partial charge on any atom is -0.451 e. The molecule has 1 saturated carbocycles. The van der Waals surface area contributed by atoms with Gasteiger partial charge in [0.1, 0.15) is 11.2 Å². The number of fused-ring (bicyclic) bond motifs is 2. The van der Waals surface area contributed by atoms with E-state index in [2.05, 4.69) is 67.5 Å². The summed E-state index contributed by atoms with van der Waals surface area (Å²) in [5, 5.41) is 0. The highest BCUT2D eigenvalue weighted by Gasteiger charge is 2.50. The molecule has 37 heavy (non-hydrogen) atoms. The maximum Gasteiger partial charge on any atom is 0.335 e. The average Bonchev–Trinajstić information content (AvgIpc) is 3.46. The zero-order chi connectivity index (χ0) is 27.1. The van der Waals surface area contributed by atoms with Crippen LogP contribution in [0.15, 0.2) is 58.7 Å². The molecule has 0 spiro atoms. The fourth-order valence-electron chi connectivity index (χ4n) is 6.46. The summed E-state index contributed by atoms with van der Waals surface area (Å²) in [6.07, 6.45) is 16.5. The van der Waals surface area contributed by atoms with Crippen LogP contribution in [0.5, 0.6) is 0 Å². The van der Waals surface area contributed by atoms with Crippen molar-refractivity contribution in [2.45, 2.75) is 98.7 Å². The molecular weight excluding hydrogens is 460 g/mol. The zero-order valence-corrected chi connectivity index (χ0v) is 24.1. The zero-order valence-electron chi connectivity index (χ0n) is 24.1. The van der Waals surface area contributed by atoms with Gasteiger partial charge in [0.2, 0.25) is 0 Å². The van der Waals surface area contributed by atoms with Crippen LogP contribution in [0, 0.1) is 35.5 Å². The van der Waals surface area contributed by atoms with Crippen molar-refractivity contribution in [1.82, 2.24) is 0 Å². The lowest BCUT2D eigenvalue weighted by molar-refractivity contribution is -0.158. The van der Waals surface area contributed by atoms with Crippen molar-refractivity contribution in [1.29, 1.82) is 0 Å². The van der Waals surface area contributed by atoms with E-state index >= 15 is 0 Å². The van der Waals surface area contributed by atoms with Gasteiger partial charge in [0.15, 0.2) is 0 Å². The van der Waals surface area contributed by atoms with Gasteiger partial charge in [-0.2, -0.15) is 0 Å². The van der Waals surface area contributed by atoms with Crippen molar-refractivity contribution < 1.29 is 19.1 Å². The summed E-state index contributed by atoms with van der Waals surface area (Å²) in [5.74, 6) is 0.500. The van der Waals surface area contributed by atoms with Crippen molar-refractivity contribution in [3.63, 3.8) is 0 Å². The van der Waals surface area contributed by atoms with Crippen LogP contribution in [0.25, 0.3) is 0 Å². The minimum absolute atomic E-state index is 0.0833. The maximum absolute atomic E-state index is 13.9. The molecule has 0 heterocycles. The smallest absolute Gasteiger partial charge is 0.335 e. The molecule has 0 aromatic carbocycles. The predicted molar refractivity (Wildman–Crippen MR) is 149 cm³/mol. The van der Waals surface area contributed by atoms with Gasteiger partial charge in [-0.15, -0.1) is 0 Å². The minimum atomic E-state index is -0.697. The molecule has 0 radical (unpaired) electrons. The molecule has 0 aliphatic heterocycles. The normalized spacial score (nSPS) is 31.0. The van der Waals surface area contributed by atoms with Crippen molar-refractivity contribution in [2.75, 3.05) is 0 Å². The van der Waals surface area contributed by atoms with Crippen molar-refractivity contribution >= 4 is 11.9 Å². The molecule has 2 bridgehead atoms. The molecular formula is C33H46O4. The number of hydrogen-bond donors (Lipinski definition) is 0. The van der Waals surface area contributed by atoms with E-state index in [-0.39, 0.29) is 35.6 Å². The number of allylic oxidation sites excluding steroid dienone is 4. The topological polar surface area (TPSA) is 52.6 Å². The lowest BCUT2D eigenvalue weighted by atomic mass is 9.77. The summed E-state index contributed by atoms with van der Waals surface area (Å²) in [6, 6.07) is 0. The van der Waals surface area contributed by atoms with E-state index in [9.17, 15) is 9.59 Å². The Morgan fingerprint density at radius 1 is 0.703 bits per heavy atom. The summed E-state index contributed by atoms with van der Waals surface area (Å²) in [4.78, 5) is 27.8. The second-order valence-corrected chi connectivity index (χ2v) is 12.9. The number of carbonyl (C=O) groups excluding carboxylic acids is 2. The first-order valence-electron chi connectivity index (χ1n) is 14.4. The van der Waals surface area contributed by atoms with Crippen molar-refractivity contribution in [3.8, 4) is 0 Å². The van der Waals surface area contributed by atoms with Gasteiger partial charge in [-0.3, -0.25) is 0 Å². The van der Waals surface area contributed by atoms with Crippen LogP contribution in [0.1, 0.15) is 87.5 Å². The molecule has 0 aromatic heterocycles. The average molecular weight is 507 g/mol. The van der Waals surface area contributed by atoms with Gasteiger partial charge in [0.25, 0.3) is 0 Å². The Morgan fingerprint density at radius 3 is 1.41 bits per heavy atom. The van der Waals surface area contributed by atoms with Gasteiger partial charge < -0.3 is 9.47 Å². The van der Waals surface area contributed by atoms with Gasteiger partial charge in [-0.1, -0.05) is 90.8 Å². The maximum atomic E-state index is 13.9. The quantitative estimate of drug-likeness (QED) is 0.317. The van der Waals surface area contributed by atoms with Crippen LogP contribution in [-0.2, 0) is 19.1 Å². The first-order valence-corrected chi connectivity index (χ1v) is 14.4. The molecule has 4 nitrogen and oxygen atoms in total. The first-order chi connectivity index (χ1) is 17.4. The van der Waals surface area contributed by atoms with E-state index in [4.69, 9.17) is 9.47 Å². The third-order valence-electron chi connectivity index (χ3n) is 9.32. The first kappa shape index (κ1) is 27.7. The third kappa shape index (κ3) is 5.18. The second kappa shape index (κ2) is 10.4. The van der Waals surface area contributed by atoms with E-state index < -0.39 is 11.2 Å². The SMILES string of the molecule is CC(C)C1=CC=CC(OC(=O)C2=C(C(=O)OC3(C(C)C)C=CC=C(C(C)C)C3)C3CCC2C3)(C(C)C)C1. The lowest BCUT2D eigenvalue weighted by Crippen LogP contribution is -2.42. The van der Waals surface area contributed by atoms with Crippen molar-refractivity contribution in [3.05, 3.63) is 58.7 Å². The summed E-state index contributed by atoms with van der Waals surface area (Å²) in [6.45, 7) is 17.1. The summed E-state index contributed by atoms with van der Waals surface area (Å²) < 4.78 is 12.8. The molecule has 4 atom stereocenters. The second-order valence-electron chi connectivity index (χ2n) is 12.9. The third-order valence-corrected chi connectivity index (χ3v) is 9.32. The summed E-state index contributed by atoms with van der Waals surface area (Å²) >= 11 is 0. The molecule has 1 fully saturated rings. The van der Waals surface area contributed by atoms with Gasteiger partial charge in [-0.25, -0.2) is 9.59 Å². The summed E-state index contributed by atoms with van der Waals surface area (Å²) in [5.41, 5.74) is 2.32. The number of rotatable bonds is 8. The fourth-order valence-corrected chi connectivity index (χ4v) is 6.46. The van der Waals surface area contributed by atoms with Crippen LogP contribution in [0.4, 0.5) is 0 Å². The molecule has 4 unspecified atom stereocenters. The van der Waals surface area contributed by atoms with E-state index in [1.807, 2.05) is 24.3 Å². The molecule has 0 amide bonds. The molecule has 4 rings (SSSR count). The summed E-state index contributed by atoms with van der Waals surface area (Å²) in [7, 11) is 0. The Kier molecular flexibility index (Phi) is 7.79. The standard InChI is InChI=1S/C33H46O4/c1-20(2)26-11-9-15-32(18-26,22(5)6)36-30(34)28-24-13-14-25(17-24)29(28)31(35)37-33(23(7)8)16-10-12-27(19-33)21(3)4/h9-12,15-16,20-25H,13-14,17-19H2,1-8H3. The predicted octanol–water partition coefficient (Wildman–Crippen LogP) is 7.67. The van der Waals surface area contributed by atoms with Crippen LogP contribution < -0.4 is 0 Å². The monoisotopic (exact) mass is 506 g/mol. The number of hydrogen-bond acceptors (Lipinski definition) is 4. The molecule has 0 aromatic rings. The molecule has 0 N–H and O–H groups in total. The van der Waals surface area contributed by atoms with Crippen LogP contribution in [0.3, 0.4) is 0 Å². The Balaban J connectivity index is 1.63. The van der Waals surface area contributed by atoms with E-state index in [0.29, 0.717) is 35.8 Å². The largest absolute Gasteiger partial charge is 0.451 e. The molecule has 202 valence electrons. The van der Waals surface area contributed by atoms with Crippen molar-refractivity contribution in [2.24, 2.45) is 35.5 Å². The number of ether oxygens (including phenoxy) is 2. The van der Waals surface area contributed by atoms with E-state index in [1.165, 1.54) is 11.1 Å². The highest BCUT2D eigenvalue weighted by Crippen LogP contribution is 2.51. The van der Waals surface area contributed by atoms with Crippen LogP contribution in [0.2, 0.25) is 0 Å². The van der Waals surface area contributed by atoms with Gasteiger partial charge in [-0.05, 0) is 66.9 Å². The Hall–Kier alpha value is -2.36. The van der Waals surface area contributed by atoms with Gasteiger partial charge >= 0.3 is 11.9 Å². The number of esters is 2.